The summed E-state index contributed by atoms with van der Waals surface area (Å²) in [6.45, 7) is 0.366. The molecule has 0 saturated carbocycles. The summed E-state index contributed by atoms with van der Waals surface area (Å²) in [6.07, 6.45) is -0.315. The molecule has 0 spiro atoms. The lowest BCUT2D eigenvalue weighted by molar-refractivity contribution is -0.121. The van der Waals surface area contributed by atoms with Gasteiger partial charge in [-0.25, -0.2) is 8.78 Å². The highest BCUT2D eigenvalue weighted by Gasteiger charge is 2.12. The van der Waals surface area contributed by atoms with Crippen LogP contribution in [-0.4, -0.2) is 32.0 Å². The first kappa shape index (κ1) is 22.7. The van der Waals surface area contributed by atoms with Crippen LogP contribution in [0, 0.1) is 11.6 Å². The summed E-state index contributed by atoms with van der Waals surface area (Å²) in [7, 11) is 0. The van der Waals surface area contributed by atoms with Crippen LogP contribution in [0.2, 0.25) is 0 Å². The molecule has 10 heteroatoms. The number of tetrazole rings is 1. The predicted octanol–water partition coefficient (Wildman–Crippen LogP) is 3.06. The normalized spacial score (nSPS) is 10.6. The maximum Gasteiger partial charge on any atom is 0.269 e. The van der Waals surface area contributed by atoms with Crippen molar-refractivity contribution in [3.63, 3.8) is 0 Å². The average molecular weight is 462 g/mol. The van der Waals surface area contributed by atoms with Crippen LogP contribution in [0.1, 0.15) is 27.9 Å². The number of nitrogens with zero attached hydrogens (tertiary/aromatic N) is 4. The van der Waals surface area contributed by atoms with Gasteiger partial charge in [0.25, 0.3) is 5.91 Å². The van der Waals surface area contributed by atoms with Crippen molar-refractivity contribution in [3.05, 3.63) is 101 Å². The maximum absolute atomic E-state index is 13.6. The number of amides is 2. The van der Waals surface area contributed by atoms with E-state index >= 15 is 0 Å². The van der Waals surface area contributed by atoms with Gasteiger partial charge < -0.3 is 0 Å². The second kappa shape index (κ2) is 10.4. The summed E-state index contributed by atoms with van der Waals surface area (Å²) in [4.78, 5) is 25.7. The lowest BCUT2D eigenvalue weighted by atomic mass is 10.1. The second-order valence-electron chi connectivity index (χ2n) is 7.41. The van der Waals surface area contributed by atoms with E-state index < -0.39 is 23.4 Å². The summed E-state index contributed by atoms with van der Waals surface area (Å²) in [5.41, 5.74) is 6.40. The van der Waals surface area contributed by atoms with Gasteiger partial charge in [0.05, 0.1) is 6.54 Å². The van der Waals surface area contributed by atoms with E-state index in [1.165, 1.54) is 10.9 Å². The summed E-state index contributed by atoms with van der Waals surface area (Å²) in [6, 6.07) is 19.7. The van der Waals surface area contributed by atoms with Gasteiger partial charge in [-0.2, -0.15) is 4.80 Å². The molecular weight excluding hydrogens is 442 g/mol. The number of rotatable bonds is 7. The molecule has 0 fully saturated rings. The van der Waals surface area contributed by atoms with Gasteiger partial charge in [0.1, 0.15) is 11.6 Å². The predicted molar refractivity (Wildman–Crippen MR) is 119 cm³/mol. The third-order valence-electron chi connectivity index (χ3n) is 5.00. The Bertz CT molecular complexity index is 1270. The number of carbonyl (C=O) groups excluding carboxylic acids is 2. The zero-order valence-electron chi connectivity index (χ0n) is 17.9. The van der Waals surface area contributed by atoms with Crippen molar-refractivity contribution in [2.24, 2.45) is 0 Å². The Labute approximate surface area is 193 Å². The van der Waals surface area contributed by atoms with Crippen molar-refractivity contribution in [2.45, 2.75) is 19.4 Å². The van der Waals surface area contributed by atoms with Crippen LogP contribution in [0.15, 0.2) is 72.8 Å². The number of benzene rings is 3. The molecule has 0 aliphatic rings. The fourth-order valence-corrected chi connectivity index (χ4v) is 3.21. The van der Waals surface area contributed by atoms with E-state index in [1.54, 1.807) is 24.3 Å². The largest absolute Gasteiger partial charge is 0.273 e. The van der Waals surface area contributed by atoms with Crippen LogP contribution in [-0.2, 0) is 17.8 Å². The van der Waals surface area contributed by atoms with Crippen LogP contribution in [0.3, 0.4) is 0 Å². The molecule has 3 aromatic carbocycles. The lowest BCUT2D eigenvalue weighted by Crippen LogP contribution is -2.41. The Hall–Kier alpha value is -4.47. The van der Waals surface area contributed by atoms with E-state index in [4.69, 9.17) is 0 Å². The molecule has 1 aromatic heterocycles. The summed E-state index contributed by atoms with van der Waals surface area (Å²) in [5, 5.41) is 12.4. The van der Waals surface area contributed by atoms with Gasteiger partial charge in [-0.15, -0.1) is 10.2 Å². The van der Waals surface area contributed by atoms with E-state index in [9.17, 15) is 18.4 Å². The van der Waals surface area contributed by atoms with E-state index in [2.05, 4.69) is 26.3 Å². The van der Waals surface area contributed by atoms with Crippen molar-refractivity contribution < 1.29 is 18.4 Å². The first-order chi connectivity index (χ1) is 16.5. The summed E-state index contributed by atoms with van der Waals surface area (Å²) >= 11 is 0. The number of carbonyl (C=O) groups is 2. The molecule has 8 nitrogen and oxygen atoms in total. The first-order valence-electron chi connectivity index (χ1n) is 10.4. The van der Waals surface area contributed by atoms with Gasteiger partial charge in [0.2, 0.25) is 11.7 Å². The number of nitrogens with one attached hydrogen (secondary N) is 2. The SMILES string of the molecule is O=C(CCc1c(F)cccc1F)NNC(=O)c1ccc(Cn2nnc(-c3ccccc3)n2)cc1. The van der Waals surface area contributed by atoms with Crippen LogP contribution in [0.25, 0.3) is 11.4 Å². The Kier molecular flexibility index (Phi) is 6.97. The zero-order chi connectivity index (χ0) is 23.9. The standard InChI is InChI=1S/C24H20F2N6O2/c25-20-7-4-8-21(26)19(20)13-14-22(33)27-29-24(34)18-11-9-16(10-12-18)15-32-30-23(28-31-32)17-5-2-1-3-6-17/h1-12H,13-15H2,(H,27,33)(H,29,34). The Balaban J connectivity index is 1.27. The van der Waals surface area contributed by atoms with Gasteiger partial charge >= 0.3 is 0 Å². The molecule has 0 unspecified atom stereocenters. The molecular formula is C24H20F2N6O2. The minimum absolute atomic E-state index is 0.128. The van der Waals surface area contributed by atoms with E-state index in [0.717, 1.165) is 23.3 Å². The highest BCUT2D eigenvalue weighted by molar-refractivity contribution is 5.95. The summed E-state index contributed by atoms with van der Waals surface area (Å²) < 4.78 is 27.3. The van der Waals surface area contributed by atoms with E-state index in [1.807, 2.05) is 30.3 Å². The van der Waals surface area contributed by atoms with Crippen molar-refractivity contribution in [1.29, 1.82) is 0 Å². The molecule has 0 saturated heterocycles. The molecule has 1 heterocycles. The number of hydrazine groups is 1. The Morgan fingerprint density at radius 3 is 2.26 bits per heavy atom. The number of hydrogen-bond acceptors (Lipinski definition) is 5. The van der Waals surface area contributed by atoms with Gasteiger partial charge in [-0.05, 0) is 41.5 Å². The molecule has 2 amide bonds. The molecule has 0 atom stereocenters. The maximum atomic E-state index is 13.6. The van der Waals surface area contributed by atoms with Gasteiger partial charge in [0.15, 0.2) is 0 Å². The fraction of sp³-hybridized carbons (Fsp3) is 0.125. The minimum Gasteiger partial charge on any atom is -0.273 e. The second-order valence-corrected chi connectivity index (χ2v) is 7.41. The van der Waals surface area contributed by atoms with Crippen LogP contribution in [0.5, 0.6) is 0 Å². The average Bonchev–Trinajstić information content (AvgIpc) is 3.32. The molecule has 0 bridgehead atoms. The third kappa shape index (κ3) is 5.66. The Morgan fingerprint density at radius 2 is 1.56 bits per heavy atom. The molecule has 0 radical (unpaired) electrons. The van der Waals surface area contributed by atoms with Crippen LogP contribution >= 0.6 is 0 Å². The number of hydrogen-bond donors (Lipinski definition) is 2. The van der Waals surface area contributed by atoms with Crippen molar-refractivity contribution in [3.8, 4) is 11.4 Å². The van der Waals surface area contributed by atoms with Crippen LogP contribution < -0.4 is 10.9 Å². The van der Waals surface area contributed by atoms with E-state index in [0.29, 0.717) is 17.9 Å². The smallest absolute Gasteiger partial charge is 0.269 e. The third-order valence-corrected chi connectivity index (χ3v) is 5.00. The van der Waals surface area contributed by atoms with Gasteiger partial charge in [-0.1, -0.05) is 48.5 Å². The van der Waals surface area contributed by atoms with Gasteiger partial charge in [-0.3, -0.25) is 20.4 Å². The highest BCUT2D eigenvalue weighted by atomic mass is 19.1. The molecule has 0 aliphatic heterocycles. The molecule has 172 valence electrons. The fourth-order valence-electron chi connectivity index (χ4n) is 3.21. The number of halogens is 2. The van der Waals surface area contributed by atoms with Gasteiger partial charge in [0, 0.05) is 23.1 Å². The topological polar surface area (TPSA) is 102 Å². The highest BCUT2D eigenvalue weighted by Crippen LogP contribution is 2.14. The van der Waals surface area contributed by atoms with E-state index in [-0.39, 0.29) is 18.4 Å². The Morgan fingerprint density at radius 1 is 0.853 bits per heavy atom. The van der Waals surface area contributed by atoms with Crippen molar-refractivity contribution in [2.75, 3.05) is 0 Å². The molecule has 0 aliphatic carbocycles. The molecule has 4 rings (SSSR count). The zero-order valence-corrected chi connectivity index (χ0v) is 17.9. The first-order valence-corrected chi connectivity index (χ1v) is 10.4. The lowest BCUT2D eigenvalue weighted by Gasteiger charge is -2.09. The number of aromatic nitrogens is 4. The summed E-state index contributed by atoms with van der Waals surface area (Å²) in [5.74, 6) is -2.00. The van der Waals surface area contributed by atoms with Crippen LogP contribution in [0.4, 0.5) is 8.78 Å². The monoisotopic (exact) mass is 462 g/mol. The van der Waals surface area contributed by atoms with Crippen molar-refractivity contribution in [1.82, 2.24) is 31.1 Å². The molecule has 4 aromatic rings. The van der Waals surface area contributed by atoms with Crippen molar-refractivity contribution >= 4 is 11.8 Å². The quantitative estimate of drug-likeness (QED) is 0.411. The molecule has 2 N–H and O–H groups in total. The minimum atomic E-state index is -0.714. The molecule has 34 heavy (non-hydrogen) atoms.